The summed E-state index contributed by atoms with van der Waals surface area (Å²) < 4.78 is 5.38. The van der Waals surface area contributed by atoms with E-state index in [1.54, 1.807) is 13.3 Å². The lowest BCUT2D eigenvalue weighted by Gasteiger charge is -2.01. The Hall–Kier alpha value is -2.39. The van der Waals surface area contributed by atoms with Gasteiger partial charge in [-0.2, -0.15) is 0 Å². The van der Waals surface area contributed by atoms with E-state index in [4.69, 9.17) is 11.2 Å². The molecule has 0 aliphatic rings. The minimum atomic E-state index is 0.540. The number of thiophene rings is 1. The van der Waals surface area contributed by atoms with Gasteiger partial charge in [0, 0.05) is 6.42 Å². The van der Waals surface area contributed by atoms with Crippen LogP contribution in [0.5, 0.6) is 5.06 Å². The van der Waals surface area contributed by atoms with Gasteiger partial charge in [-0.15, -0.1) is 23.7 Å². The quantitative estimate of drug-likeness (QED) is 0.741. The average molecular weight is 270 g/mol. The van der Waals surface area contributed by atoms with Gasteiger partial charge in [0.2, 0.25) is 0 Å². The summed E-state index contributed by atoms with van der Waals surface area (Å²) in [6.45, 7) is 0. The number of rotatable bonds is 3. The molecule has 0 atom stereocenters. The van der Waals surface area contributed by atoms with Crippen molar-refractivity contribution in [1.29, 1.82) is 0 Å². The van der Waals surface area contributed by atoms with Crippen LogP contribution in [0.25, 0.3) is 22.6 Å². The highest BCUT2D eigenvalue weighted by Gasteiger charge is 2.17. The smallest absolute Gasteiger partial charge is 0.184 e. The van der Waals surface area contributed by atoms with Gasteiger partial charge in [-0.3, -0.25) is 0 Å². The Morgan fingerprint density at radius 1 is 1.53 bits per heavy atom. The molecule has 0 aliphatic heterocycles. The van der Waals surface area contributed by atoms with Gasteiger partial charge in [0.15, 0.2) is 10.7 Å². The number of hydrogen-bond donors (Lipinski definition) is 1. The zero-order chi connectivity index (χ0) is 13.2. The molecule has 0 bridgehead atoms. The van der Waals surface area contributed by atoms with Crippen LogP contribution in [-0.4, -0.2) is 27.0 Å². The molecule has 0 unspecified atom stereocenters. The standard InChI is InChI=1S/C13H10N4OS/c1-3-4-8-6-19-13(18-2)10(8)12-16-9-5-14-7-15-11(9)17-12/h1,5-7H,4H2,2H3,(H,14,15,16,17). The highest BCUT2D eigenvalue weighted by Crippen LogP contribution is 2.38. The molecule has 0 radical (unpaired) electrons. The van der Waals surface area contributed by atoms with E-state index in [1.165, 1.54) is 17.7 Å². The Balaban J connectivity index is 2.19. The van der Waals surface area contributed by atoms with Crippen LogP contribution in [-0.2, 0) is 6.42 Å². The number of terminal acetylenes is 1. The fraction of sp³-hybridized carbons (Fsp3) is 0.154. The van der Waals surface area contributed by atoms with Crippen LogP contribution in [0.4, 0.5) is 0 Å². The van der Waals surface area contributed by atoms with Gasteiger partial charge >= 0.3 is 0 Å². The third-order valence-corrected chi connectivity index (χ3v) is 3.70. The zero-order valence-electron chi connectivity index (χ0n) is 10.2. The van der Waals surface area contributed by atoms with Gasteiger partial charge in [-0.1, -0.05) is 0 Å². The lowest BCUT2D eigenvalue weighted by molar-refractivity contribution is 0.428. The Kier molecular flexibility index (Phi) is 2.89. The van der Waals surface area contributed by atoms with Crippen LogP contribution in [0.3, 0.4) is 0 Å². The van der Waals surface area contributed by atoms with Crippen molar-refractivity contribution < 1.29 is 4.74 Å². The van der Waals surface area contributed by atoms with E-state index >= 15 is 0 Å². The van der Waals surface area contributed by atoms with Crippen molar-refractivity contribution in [2.45, 2.75) is 6.42 Å². The van der Waals surface area contributed by atoms with Gasteiger partial charge in [0.1, 0.15) is 17.7 Å². The van der Waals surface area contributed by atoms with Crippen molar-refractivity contribution in [1.82, 2.24) is 19.9 Å². The van der Waals surface area contributed by atoms with Crippen LogP contribution >= 0.6 is 11.3 Å². The number of imidazole rings is 1. The monoisotopic (exact) mass is 270 g/mol. The number of nitrogens with zero attached hydrogens (tertiary/aromatic N) is 3. The molecule has 3 aromatic rings. The van der Waals surface area contributed by atoms with E-state index in [1.807, 2.05) is 5.38 Å². The maximum absolute atomic E-state index is 5.39. The fourth-order valence-electron chi connectivity index (χ4n) is 1.89. The fourth-order valence-corrected chi connectivity index (χ4v) is 2.79. The molecule has 0 aliphatic carbocycles. The van der Waals surface area contributed by atoms with E-state index in [0.29, 0.717) is 17.9 Å². The molecule has 0 saturated heterocycles. The first-order valence-corrected chi connectivity index (χ1v) is 6.45. The number of hydrogen-bond acceptors (Lipinski definition) is 5. The molecule has 0 saturated carbocycles. The molecule has 94 valence electrons. The van der Waals surface area contributed by atoms with E-state index < -0.39 is 0 Å². The Morgan fingerprint density at radius 3 is 3.16 bits per heavy atom. The number of fused-ring (bicyclic) bond motifs is 1. The van der Waals surface area contributed by atoms with Crippen molar-refractivity contribution in [3.63, 3.8) is 0 Å². The van der Waals surface area contributed by atoms with Crippen molar-refractivity contribution in [3.8, 4) is 28.8 Å². The van der Waals surface area contributed by atoms with Crippen molar-refractivity contribution in [2.75, 3.05) is 7.11 Å². The Labute approximate surface area is 113 Å². The maximum atomic E-state index is 5.39. The first-order valence-electron chi connectivity index (χ1n) is 5.57. The second-order valence-corrected chi connectivity index (χ2v) is 4.70. The summed E-state index contributed by atoms with van der Waals surface area (Å²) >= 11 is 1.51. The lowest BCUT2D eigenvalue weighted by Crippen LogP contribution is -1.89. The summed E-state index contributed by atoms with van der Waals surface area (Å²) in [5.74, 6) is 3.35. The minimum absolute atomic E-state index is 0.540. The Morgan fingerprint density at radius 2 is 2.42 bits per heavy atom. The van der Waals surface area contributed by atoms with Crippen LogP contribution in [0.15, 0.2) is 17.9 Å². The first kappa shape index (κ1) is 11.7. The zero-order valence-corrected chi connectivity index (χ0v) is 11.0. The molecule has 6 heteroatoms. The van der Waals surface area contributed by atoms with E-state index in [0.717, 1.165) is 21.7 Å². The molecule has 1 N–H and O–H groups in total. The second-order valence-electron chi connectivity index (χ2n) is 3.85. The van der Waals surface area contributed by atoms with E-state index in [2.05, 4.69) is 25.9 Å². The molecular weight excluding hydrogens is 260 g/mol. The average Bonchev–Trinajstić information content (AvgIpc) is 3.01. The number of aromatic nitrogens is 4. The molecule has 3 aromatic heterocycles. The molecule has 5 nitrogen and oxygen atoms in total. The van der Waals surface area contributed by atoms with Crippen LogP contribution in [0.2, 0.25) is 0 Å². The molecule has 0 aromatic carbocycles. The van der Waals surface area contributed by atoms with Gasteiger partial charge in [0.25, 0.3) is 0 Å². The normalized spacial score (nSPS) is 10.5. The molecule has 0 fully saturated rings. The summed E-state index contributed by atoms with van der Waals surface area (Å²) in [6.07, 6.45) is 9.10. The van der Waals surface area contributed by atoms with Gasteiger partial charge in [0.05, 0.1) is 18.9 Å². The third kappa shape index (κ3) is 1.94. The second kappa shape index (κ2) is 4.71. The van der Waals surface area contributed by atoms with Crippen molar-refractivity contribution >= 4 is 22.5 Å². The van der Waals surface area contributed by atoms with Gasteiger partial charge in [-0.25, -0.2) is 15.0 Å². The van der Waals surface area contributed by atoms with E-state index in [9.17, 15) is 0 Å². The highest BCUT2D eigenvalue weighted by atomic mass is 32.1. The van der Waals surface area contributed by atoms with Crippen LogP contribution < -0.4 is 4.74 Å². The maximum Gasteiger partial charge on any atom is 0.184 e. The molecule has 3 rings (SSSR count). The third-order valence-electron chi connectivity index (χ3n) is 2.71. The predicted molar refractivity (Wildman–Crippen MR) is 74.1 cm³/mol. The topological polar surface area (TPSA) is 63.7 Å². The summed E-state index contributed by atoms with van der Waals surface area (Å²) in [6, 6.07) is 0. The van der Waals surface area contributed by atoms with E-state index in [-0.39, 0.29) is 0 Å². The number of nitrogens with one attached hydrogen (secondary N) is 1. The van der Waals surface area contributed by atoms with Crippen LogP contribution in [0, 0.1) is 12.3 Å². The minimum Gasteiger partial charge on any atom is -0.487 e. The number of H-pyrrole nitrogens is 1. The first-order chi connectivity index (χ1) is 9.33. The van der Waals surface area contributed by atoms with Crippen LogP contribution in [0.1, 0.15) is 5.56 Å². The van der Waals surface area contributed by atoms with Gasteiger partial charge in [-0.05, 0) is 10.9 Å². The summed E-state index contributed by atoms with van der Waals surface area (Å²) in [7, 11) is 1.64. The Bertz CT molecular complexity index is 735. The molecular formula is C13H10N4OS. The lowest BCUT2D eigenvalue weighted by atomic mass is 10.1. The molecule has 3 heterocycles. The summed E-state index contributed by atoms with van der Waals surface area (Å²) in [5.41, 5.74) is 3.35. The summed E-state index contributed by atoms with van der Waals surface area (Å²) in [5, 5.41) is 2.78. The largest absolute Gasteiger partial charge is 0.487 e. The summed E-state index contributed by atoms with van der Waals surface area (Å²) in [4.78, 5) is 15.7. The number of aromatic amines is 1. The molecule has 0 amide bonds. The van der Waals surface area contributed by atoms with Crippen molar-refractivity contribution in [3.05, 3.63) is 23.5 Å². The highest BCUT2D eigenvalue weighted by molar-refractivity contribution is 7.12. The van der Waals surface area contributed by atoms with Crippen molar-refractivity contribution in [2.24, 2.45) is 0 Å². The predicted octanol–water partition coefficient (Wildman–Crippen LogP) is 2.27. The number of methoxy groups -OCH3 is 1. The van der Waals surface area contributed by atoms with Gasteiger partial charge < -0.3 is 9.72 Å². The molecule has 0 spiro atoms. The number of ether oxygens (including phenoxy) is 1. The SMILES string of the molecule is C#CCc1csc(OC)c1-c1nc2ncncc2[nH]1. The molecule has 19 heavy (non-hydrogen) atoms.